The van der Waals surface area contributed by atoms with Crippen LogP contribution in [0.5, 0.6) is 0 Å². The van der Waals surface area contributed by atoms with E-state index in [1.807, 2.05) is 44.0 Å². The molecule has 1 amide bonds. The van der Waals surface area contributed by atoms with Gasteiger partial charge in [-0.05, 0) is 38.8 Å². The number of hydrogen-bond acceptors (Lipinski definition) is 8. The van der Waals surface area contributed by atoms with Crippen molar-refractivity contribution in [2.75, 3.05) is 5.32 Å². The van der Waals surface area contributed by atoms with E-state index in [0.29, 0.717) is 12.1 Å². The molecule has 2 aliphatic heterocycles. The van der Waals surface area contributed by atoms with Crippen molar-refractivity contribution in [3.8, 4) is 10.6 Å². The van der Waals surface area contributed by atoms with Crippen molar-refractivity contribution < 1.29 is 4.79 Å². The summed E-state index contributed by atoms with van der Waals surface area (Å²) >= 11 is 3.26. The largest absolute Gasteiger partial charge is 0.338 e. The topological polar surface area (TPSA) is 94.9 Å². The highest BCUT2D eigenvalue weighted by Crippen LogP contribution is 2.35. The summed E-state index contributed by atoms with van der Waals surface area (Å²) in [5.74, 6) is 0.814. The fraction of sp³-hybridized carbons (Fsp3) is 0.381. The predicted molar refractivity (Wildman–Crippen MR) is 122 cm³/mol. The molecule has 0 spiro atoms. The van der Waals surface area contributed by atoms with Gasteiger partial charge in [0, 0.05) is 42.2 Å². The molecule has 6 rings (SSSR count). The normalized spacial score (nSPS) is 19.6. The van der Waals surface area contributed by atoms with Gasteiger partial charge in [-0.15, -0.1) is 22.7 Å². The van der Waals surface area contributed by atoms with E-state index in [9.17, 15) is 4.79 Å². The van der Waals surface area contributed by atoms with E-state index in [4.69, 9.17) is 5.41 Å². The Kier molecular flexibility index (Phi) is 5.92. The molecule has 3 aromatic rings. The number of carbonyl (C=O) groups is 1. The van der Waals surface area contributed by atoms with E-state index in [1.165, 1.54) is 0 Å². The number of fused-ring (bicyclic) bond motifs is 2. The maximum Gasteiger partial charge on any atom is 0.210 e. The van der Waals surface area contributed by atoms with Crippen molar-refractivity contribution in [2.24, 2.45) is 0 Å². The summed E-state index contributed by atoms with van der Waals surface area (Å²) in [5.41, 5.74) is 3.98. The molecule has 5 heterocycles. The van der Waals surface area contributed by atoms with Gasteiger partial charge in [0.05, 0.1) is 21.3 Å². The third kappa shape index (κ3) is 4.41. The lowest BCUT2D eigenvalue weighted by Gasteiger charge is -2.50. The molecule has 2 bridgehead atoms. The van der Waals surface area contributed by atoms with E-state index in [0.717, 1.165) is 69.2 Å². The van der Waals surface area contributed by atoms with Crippen LogP contribution in [-0.4, -0.2) is 44.1 Å². The Balaban J connectivity index is 0.000000181. The number of carbonyl (C=O) groups excluding carboxylic acids is 1. The summed E-state index contributed by atoms with van der Waals surface area (Å²) in [7, 11) is 0. The Morgan fingerprint density at radius 1 is 1.20 bits per heavy atom. The molecule has 2 N–H and O–H groups in total. The summed E-state index contributed by atoms with van der Waals surface area (Å²) in [6.07, 6.45) is 5.52. The summed E-state index contributed by atoms with van der Waals surface area (Å²) in [5, 5.41) is 14.6. The van der Waals surface area contributed by atoms with Gasteiger partial charge in [0.25, 0.3) is 0 Å². The summed E-state index contributed by atoms with van der Waals surface area (Å²) < 4.78 is 0. The van der Waals surface area contributed by atoms with E-state index in [2.05, 4.69) is 25.6 Å². The number of aryl methyl sites for hydroxylation is 3. The first-order valence-electron chi connectivity index (χ1n) is 9.81. The molecular weight excluding hydrogens is 416 g/mol. The molecule has 3 aliphatic rings. The first-order chi connectivity index (χ1) is 14.4. The number of amides is 1. The van der Waals surface area contributed by atoms with Crippen LogP contribution >= 0.6 is 22.7 Å². The minimum Gasteiger partial charge on any atom is -0.338 e. The Morgan fingerprint density at radius 3 is 2.57 bits per heavy atom. The van der Waals surface area contributed by atoms with Crippen molar-refractivity contribution in [2.45, 2.75) is 52.1 Å². The Labute approximate surface area is 183 Å². The first kappa shape index (κ1) is 20.6. The smallest absolute Gasteiger partial charge is 0.210 e. The molecule has 0 aromatic carbocycles. The number of thiazole rings is 2. The number of rotatable bonds is 4. The van der Waals surface area contributed by atoms with Crippen LogP contribution in [0, 0.1) is 26.2 Å². The zero-order valence-corrected chi connectivity index (χ0v) is 18.8. The number of anilines is 2. The number of nitrogens with zero attached hydrogens (tertiary/aromatic N) is 4. The molecule has 0 radical (unpaired) electrons. The molecule has 1 saturated carbocycles. The molecular formula is C21H24N6OS2. The van der Waals surface area contributed by atoms with E-state index >= 15 is 0 Å². The average molecular weight is 441 g/mol. The van der Waals surface area contributed by atoms with E-state index in [1.54, 1.807) is 22.7 Å². The fourth-order valence-electron chi connectivity index (χ4n) is 3.78. The van der Waals surface area contributed by atoms with Gasteiger partial charge in [0.15, 0.2) is 5.13 Å². The van der Waals surface area contributed by atoms with Crippen LogP contribution < -0.4 is 5.32 Å². The maximum atomic E-state index is 10.4. The lowest BCUT2D eigenvalue weighted by Crippen LogP contribution is -2.60. The van der Waals surface area contributed by atoms with Crippen LogP contribution in [0.2, 0.25) is 0 Å². The molecule has 3 aromatic heterocycles. The number of nitrogens with one attached hydrogen (secondary N) is 2. The molecule has 3 fully saturated rings. The van der Waals surface area contributed by atoms with Crippen LogP contribution in [0.25, 0.3) is 10.6 Å². The number of piperidine rings is 1. The van der Waals surface area contributed by atoms with E-state index in [-0.39, 0.29) is 0 Å². The van der Waals surface area contributed by atoms with Gasteiger partial charge >= 0.3 is 0 Å². The fourth-order valence-corrected chi connectivity index (χ4v) is 5.44. The zero-order valence-electron chi connectivity index (χ0n) is 17.2. The van der Waals surface area contributed by atoms with Gasteiger partial charge in [-0.25, -0.2) is 15.0 Å². The van der Waals surface area contributed by atoms with E-state index < -0.39 is 0 Å². The molecule has 30 heavy (non-hydrogen) atoms. The quantitative estimate of drug-likeness (QED) is 0.572. The number of hydrogen-bond donors (Lipinski definition) is 2. The van der Waals surface area contributed by atoms with Gasteiger partial charge < -0.3 is 15.6 Å². The maximum absolute atomic E-state index is 10.4. The lowest BCUT2D eigenvalue weighted by atomic mass is 9.79. The Bertz CT molecular complexity index is 1040. The molecule has 2 atom stereocenters. The SMILES string of the molecule is Cc1ccc(Nc2nc(-c3sc(C)nc3C)cs2)nc1.N=C1C[C@@H]2C[C@H](C1)N2C=O. The van der Waals surface area contributed by atoms with Gasteiger partial charge in [-0.1, -0.05) is 6.07 Å². The third-order valence-corrected chi connectivity index (χ3v) is 7.11. The van der Waals surface area contributed by atoms with Gasteiger partial charge in [-0.2, -0.15) is 0 Å². The third-order valence-electron chi connectivity index (χ3n) is 5.26. The van der Waals surface area contributed by atoms with Crippen molar-refractivity contribution in [3.05, 3.63) is 40.0 Å². The minimum absolute atomic E-state index is 0.378. The number of pyridine rings is 1. The van der Waals surface area contributed by atoms with Gasteiger partial charge in [0.1, 0.15) is 5.82 Å². The molecule has 1 aliphatic carbocycles. The van der Waals surface area contributed by atoms with Crippen LogP contribution in [0.4, 0.5) is 10.9 Å². The molecule has 2 saturated heterocycles. The highest BCUT2D eigenvalue weighted by molar-refractivity contribution is 7.16. The molecule has 7 nitrogen and oxygen atoms in total. The van der Waals surface area contributed by atoms with Gasteiger partial charge in [0.2, 0.25) is 6.41 Å². The van der Waals surface area contributed by atoms with Gasteiger partial charge in [-0.3, -0.25) is 4.79 Å². The Hall–Kier alpha value is -2.65. The van der Waals surface area contributed by atoms with Crippen LogP contribution in [0.3, 0.4) is 0 Å². The molecule has 156 valence electrons. The highest BCUT2D eigenvalue weighted by Gasteiger charge is 2.42. The van der Waals surface area contributed by atoms with Crippen LogP contribution in [0.1, 0.15) is 35.5 Å². The standard InChI is InChI=1S/C14H14N4S2.C7H10N2O/c1-8-4-5-12(15-6-8)18-14-17-11(7-19-14)13-9(2)16-10(3)20-13;8-5-1-6-3-7(2-5)9(6)4-10/h4-7H,1-3H3,(H,15,17,18);4,6-8H,1-3H2/t;6-,7+. The summed E-state index contributed by atoms with van der Waals surface area (Å²) in [6, 6.07) is 4.74. The monoisotopic (exact) mass is 440 g/mol. The zero-order chi connectivity index (χ0) is 21.3. The van der Waals surface area contributed by atoms with Crippen LogP contribution in [-0.2, 0) is 4.79 Å². The molecule has 9 heteroatoms. The Morgan fingerprint density at radius 2 is 1.97 bits per heavy atom. The van der Waals surface area contributed by atoms with Crippen LogP contribution in [0.15, 0.2) is 23.7 Å². The summed E-state index contributed by atoms with van der Waals surface area (Å²) in [6.45, 7) is 6.06. The summed E-state index contributed by atoms with van der Waals surface area (Å²) in [4.78, 5) is 26.7. The van der Waals surface area contributed by atoms with Crippen molar-refractivity contribution in [3.63, 3.8) is 0 Å². The second kappa shape index (κ2) is 8.61. The number of aromatic nitrogens is 3. The highest BCUT2D eigenvalue weighted by atomic mass is 32.1. The van der Waals surface area contributed by atoms with Crippen molar-refractivity contribution >= 4 is 45.7 Å². The van der Waals surface area contributed by atoms with Crippen molar-refractivity contribution in [1.82, 2.24) is 19.9 Å². The lowest BCUT2D eigenvalue weighted by molar-refractivity contribution is -0.130. The first-order valence-corrected chi connectivity index (χ1v) is 11.5. The predicted octanol–water partition coefficient (Wildman–Crippen LogP) is 4.73. The molecule has 0 unspecified atom stereocenters. The average Bonchev–Trinajstić information content (AvgIpc) is 3.29. The second-order valence-corrected chi connectivity index (χ2v) is 9.70. The minimum atomic E-state index is 0.378. The second-order valence-electron chi connectivity index (χ2n) is 7.64. The van der Waals surface area contributed by atoms with Crippen molar-refractivity contribution in [1.29, 1.82) is 5.41 Å².